The lowest BCUT2D eigenvalue weighted by molar-refractivity contribution is -0.910. The van der Waals surface area contributed by atoms with Crippen molar-refractivity contribution < 1.29 is 14.0 Å². The quantitative estimate of drug-likeness (QED) is 0.630. The standard InChI is InChI=1S/C18H24NO2/c1-5-8-18-9-10-19(2,3)16(17(18)20)11-13-6-7-14(21-4)12-15(13)18/h5-7,12,16H,1,8-11H2,2-4H3/q+1/t16-,18+/m1/s1. The van der Waals surface area contributed by atoms with Crippen LogP contribution in [0.25, 0.3) is 0 Å². The number of methoxy groups -OCH3 is 1. The molecule has 0 radical (unpaired) electrons. The first-order chi connectivity index (χ1) is 9.94. The number of piperidine rings is 1. The normalized spacial score (nSPS) is 29.7. The van der Waals surface area contributed by atoms with Crippen molar-refractivity contribution in [2.45, 2.75) is 30.7 Å². The van der Waals surface area contributed by atoms with Gasteiger partial charge < -0.3 is 9.22 Å². The number of likely N-dealkylation sites (N-methyl/N-ethyl adjacent to an activating group) is 1. The maximum absolute atomic E-state index is 13.2. The molecule has 0 N–H and O–H groups in total. The largest absolute Gasteiger partial charge is 0.497 e. The Kier molecular flexibility index (Phi) is 3.21. The Hall–Kier alpha value is -1.61. The third-order valence-electron chi connectivity index (χ3n) is 5.47. The van der Waals surface area contributed by atoms with Crippen LogP contribution in [-0.2, 0) is 16.6 Å². The van der Waals surface area contributed by atoms with Gasteiger partial charge in [0.25, 0.3) is 0 Å². The van der Waals surface area contributed by atoms with E-state index in [0.717, 1.165) is 36.0 Å². The molecule has 0 spiro atoms. The summed E-state index contributed by atoms with van der Waals surface area (Å²) in [6.07, 6.45) is 4.35. The van der Waals surface area contributed by atoms with Gasteiger partial charge in [-0.05, 0) is 29.7 Å². The minimum atomic E-state index is -0.387. The minimum absolute atomic E-state index is 0.0691. The molecular formula is C18H24NO2+. The molecule has 1 aromatic carbocycles. The SMILES string of the molecule is C=CC[C@]12CC[N+](C)(C)[C@H](Cc3ccc(OC)cc31)C2=O. The summed E-state index contributed by atoms with van der Waals surface area (Å²) in [5.74, 6) is 1.22. The monoisotopic (exact) mass is 286 g/mol. The predicted octanol–water partition coefficient (Wildman–Crippen LogP) is 2.48. The van der Waals surface area contributed by atoms with E-state index in [1.165, 1.54) is 11.1 Å². The Balaban J connectivity index is 2.20. The number of carbonyl (C=O) groups excluding carboxylic acids is 1. The third kappa shape index (κ3) is 1.95. The van der Waals surface area contributed by atoms with Gasteiger partial charge in [0.1, 0.15) is 5.75 Å². The molecule has 21 heavy (non-hydrogen) atoms. The fourth-order valence-electron chi connectivity index (χ4n) is 4.07. The second kappa shape index (κ2) is 4.70. The zero-order chi connectivity index (χ0) is 15.3. The van der Waals surface area contributed by atoms with Crippen molar-refractivity contribution in [3.63, 3.8) is 0 Å². The molecule has 1 aliphatic heterocycles. The van der Waals surface area contributed by atoms with E-state index in [2.05, 4.69) is 32.8 Å². The molecule has 2 aliphatic rings. The van der Waals surface area contributed by atoms with E-state index in [1.807, 2.05) is 12.1 Å². The zero-order valence-electron chi connectivity index (χ0n) is 13.2. The van der Waals surface area contributed by atoms with E-state index >= 15 is 0 Å². The molecule has 112 valence electrons. The van der Waals surface area contributed by atoms with Crippen LogP contribution >= 0.6 is 0 Å². The maximum atomic E-state index is 13.2. The highest BCUT2D eigenvalue weighted by Crippen LogP contribution is 2.47. The van der Waals surface area contributed by atoms with Crippen molar-refractivity contribution in [3.05, 3.63) is 42.0 Å². The van der Waals surface area contributed by atoms with Crippen LogP contribution in [-0.4, -0.2) is 44.1 Å². The van der Waals surface area contributed by atoms with Crippen LogP contribution in [0.5, 0.6) is 5.75 Å². The van der Waals surface area contributed by atoms with Crippen molar-refractivity contribution >= 4 is 5.78 Å². The van der Waals surface area contributed by atoms with Gasteiger partial charge in [0.05, 0.1) is 33.2 Å². The lowest BCUT2D eigenvalue weighted by atomic mass is 9.61. The first-order valence-corrected chi connectivity index (χ1v) is 7.60. The number of hydrogen-bond donors (Lipinski definition) is 0. The molecule has 1 fully saturated rings. The van der Waals surface area contributed by atoms with E-state index < -0.39 is 0 Å². The summed E-state index contributed by atoms with van der Waals surface area (Å²) in [6, 6.07) is 6.28. The second-order valence-electron chi connectivity index (χ2n) is 6.93. The Morgan fingerprint density at radius 2 is 2.24 bits per heavy atom. The highest BCUT2D eigenvalue weighted by Gasteiger charge is 2.56. The van der Waals surface area contributed by atoms with E-state index in [0.29, 0.717) is 5.78 Å². The summed E-state index contributed by atoms with van der Waals surface area (Å²) in [6.45, 7) is 4.92. The molecule has 0 amide bonds. The summed E-state index contributed by atoms with van der Waals surface area (Å²) >= 11 is 0. The fourth-order valence-corrected chi connectivity index (χ4v) is 4.07. The van der Waals surface area contributed by atoms with Crippen LogP contribution in [0.2, 0.25) is 0 Å². The molecule has 2 atom stereocenters. The first-order valence-electron chi connectivity index (χ1n) is 7.60. The molecule has 0 saturated carbocycles. The Morgan fingerprint density at radius 1 is 1.48 bits per heavy atom. The van der Waals surface area contributed by atoms with E-state index in [1.54, 1.807) is 7.11 Å². The molecular weight excluding hydrogens is 262 g/mol. The number of ketones is 1. The van der Waals surface area contributed by atoms with E-state index in [9.17, 15) is 4.79 Å². The van der Waals surface area contributed by atoms with Gasteiger partial charge in [0, 0.05) is 12.8 Å². The van der Waals surface area contributed by atoms with Crippen molar-refractivity contribution in [3.8, 4) is 5.75 Å². The number of benzene rings is 1. The Bertz CT molecular complexity index is 605. The number of fused-ring (bicyclic) bond motifs is 4. The van der Waals surface area contributed by atoms with Crippen molar-refractivity contribution in [1.29, 1.82) is 0 Å². The number of ether oxygens (including phenoxy) is 1. The molecule has 1 saturated heterocycles. The van der Waals surface area contributed by atoms with Crippen LogP contribution in [0.3, 0.4) is 0 Å². The van der Waals surface area contributed by atoms with Gasteiger partial charge in [-0.2, -0.15) is 0 Å². The average molecular weight is 286 g/mol. The van der Waals surface area contributed by atoms with Crippen molar-refractivity contribution in [1.82, 2.24) is 0 Å². The zero-order valence-corrected chi connectivity index (χ0v) is 13.2. The molecule has 2 bridgehead atoms. The number of quaternary nitrogens is 1. The van der Waals surface area contributed by atoms with Crippen molar-refractivity contribution in [2.24, 2.45) is 0 Å². The molecule has 3 nitrogen and oxygen atoms in total. The van der Waals surface area contributed by atoms with Gasteiger partial charge in [-0.1, -0.05) is 12.1 Å². The Labute approximate surface area is 126 Å². The summed E-state index contributed by atoms with van der Waals surface area (Å²) in [5.41, 5.74) is 2.08. The summed E-state index contributed by atoms with van der Waals surface area (Å²) in [7, 11) is 6.03. The number of allylic oxidation sites excluding steroid dienone is 1. The minimum Gasteiger partial charge on any atom is -0.497 e. The fraction of sp³-hybridized carbons (Fsp3) is 0.500. The molecule has 1 aromatic rings. The Morgan fingerprint density at radius 3 is 2.90 bits per heavy atom. The van der Waals surface area contributed by atoms with E-state index in [-0.39, 0.29) is 11.5 Å². The van der Waals surface area contributed by atoms with Gasteiger partial charge in [-0.15, -0.1) is 6.58 Å². The number of Topliss-reactive ketones (excluding diaryl/α,β-unsaturated/α-hetero) is 1. The van der Waals surface area contributed by atoms with Crippen LogP contribution < -0.4 is 4.74 Å². The average Bonchev–Trinajstić information content (AvgIpc) is 2.46. The highest BCUT2D eigenvalue weighted by molar-refractivity contribution is 5.96. The molecule has 1 aliphatic carbocycles. The van der Waals surface area contributed by atoms with Crippen LogP contribution in [0.4, 0.5) is 0 Å². The third-order valence-corrected chi connectivity index (χ3v) is 5.47. The van der Waals surface area contributed by atoms with Gasteiger partial charge >= 0.3 is 0 Å². The van der Waals surface area contributed by atoms with Crippen LogP contribution in [0, 0.1) is 0 Å². The lowest BCUT2D eigenvalue weighted by Gasteiger charge is -2.52. The lowest BCUT2D eigenvalue weighted by Crippen LogP contribution is -2.66. The van der Waals surface area contributed by atoms with Gasteiger partial charge in [-0.3, -0.25) is 4.79 Å². The molecule has 1 heterocycles. The maximum Gasteiger partial charge on any atom is 0.201 e. The van der Waals surface area contributed by atoms with Crippen molar-refractivity contribution in [2.75, 3.05) is 27.7 Å². The second-order valence-corrected chi connectivity index (χ2v) is 6.93. The number of likely N-dealkylation sites (tertiary alicyclic amines) is 1. The smallest absolute Gasteiger partial charge is 0.201 e. The summed E-state index contributed by atoms with van der Waals surface area (Å²) in [4.78, 5) is 13.2. The number of hydrogen-bond acceptors (Lipinski definition) is 2. The van der Waals surface area contributed by atoms with E-state index in [4.69, 9.17) is 4.74 Å². The summed E-state index contributed by atoms with van der Waals surface area (Å²) in [5, 5.41) is 0. The topological polar surface area (TPSA) is 26.3 Å². The van der Waals surface area contributed by atoms with Gasteiger partial charge in [-0.25, -0.2) is 0 Å². The number of nitrogens with zero attached hydrogens (tertiary/aromatic N) is 1. The first kappa shape index (κ1) is 14.3. The van der Waals surface area contributed by atoms with Crippen LogP contribution in [0.15, 0.2) is 30.9 Å². The molecule has 0 unspecified atom stereocenters. The van der Waals surface area contributed by atoms with Gasteiger partial charge in [0.2, 0.25) is 5.78 Å². The predicted molar refractivity (Wildman–Crippen MR) is 83.6 cm³/mol. The van der Waals surface area contributed by atoms with Gasteiger partial charge in [0.15, 0.2) is 6.04 Å². The number of carbonyl (C=O) groups is 1. The molecule has 0 aromatic heterocycles. The highest BCUT2D eigenvalue weighted by atomic mass is 16.5. The molecule has 3 heteroatoms. The summed E-state index contributed by atoms with van der Waals surface area (Å²) < 4.78 is 6.17. The van der Waals surface area contributed by atoms with Crippen LogP contribution in [0.1, 0.15) is 24.0 Å². The molecule has 3 rings (SSSR count). The number of rotatable bonds is 3.